The van der Waals surface area contributed by atoms with E-state index in [2.05, 4.69) is 34.9 Å². The van der Waals surface area contributed by atoms with Gasteiger partial charge in [0.1, 0.15) is 38.1 Å². The minimum Gasteiger partial charge on any atom is -0.490 e. The van der Waals surface area contributed by atoms with Crippen LogP contribution in [0.2, 0.25) is 25.7 Å². The van der Waals surface area contributed by atoms with Crippen molar-refractivity contribution in [2.75, 3.05) is 38.0 Å². The number of fused-ring (bicyclic) bond motifs is 2. The normalized spacial score (nSPS) is 16.2. The summed E-state index contributed by atoms with van der Waals surface area (Å²) in [4.78, 5) is 31.5. The van der Waals surface area contributed by atoms with Gasteiger partial charge in [-0.05, 0) is 61.6 Å². The van der Waals surface area contributed by atoms with E-state index < -0.39 is 18.2 Å². The molecule has 0 spiro atoms. The third-order valence-corrected chi connectivity index (χ3v) is 11.6. The predicted octanol–water partition coefficient (Wildman–Crippen LogP) is 6.54. The number of aromatic nitrogens is 5. The number of amides is 1. The van der Waals surface area contributed by atoms with Crippen molar-refractivity contribution in [2.45, 2.75) is 77.4 Å². The summed E-state index contributed by atoms with van der Waals surface area (Å²) in [6.45, 7) is 8.36. The maximum atomic E-state index is 12.9. The fourth-order valence-electron chi connectivity index (χ4n) is 6.15. The average Bonchev–Trinajstić information content (AvgIpc) is 3.96. The van der Waals surface area contributed by atoms with Gasteiger partial charge >= 0.3 is 0 Å². The van der Waals surface area contributed by atoms with Crippen molar-refractivity contribution in [3.63, 3.8) is 0 Å². The maximum absolute atomic E-state index is 12.9. The Bertz CT molecular complexity index is 2290. The van der Waals surface area contributed by atoms with E-state index in [0.717, 1.165) is 66.4 Å². The van der Waals surface area contributed by atoms with Crippen LogP contribution in [0.3, 0.4) is 0 Å². The second-order valence-electron chi connectivity index (χ2n) is 15.4. The number of carbonyl (C=O) groups excluding carboxylic acids is 1. The van der Waals surface area contributed by atoms with Crippen LogP contribution in [0.5, 0.6) is 17.4 Å². The van der Waals surface area contributed by atoms with Crippen molar-refractivity contribution in [3.8, 4) is 28.5 Å². The number of anilines is 1. The molecule has 0 bridgehead atoms. The molecule has 1 N–H and O–H groups in total. The van der Waals surface area contributed by atoms with Crippen LogP contribution in [0.1, 0.15) is 37.7 Å². The lowest BCUT2D eigenvalue weighted by atomic mass is 10.0. The first kappa shape index (κ1) is 39.5. The number of rotatable bonds is 18. The van der Waals surface area contributed by atoms with Gasteiger partial charge in [-0.25, -0.2) is 0 Å². The zero-order chi connectivity index (χ0) is 39.3. The zero-order valence-corrected chi connectivity index (χ0v) is 34.0. The molecule has 1 aliphatic heterocycles. The second-order valence-corrected chi connectivity index (χ2v) is 22.6. The molecular weight excluding hydrogens is 757 g/mol. The molecule has 0 radical (unpaired) electrons. The fraction of sp³-hybridized carbons (Fsp3) is 0.462. The van der Waals surface area contributed by atoms with Crippen molar-refractivity contribution in [2.24, 2.45) is 5.92 Å². The Morgan fingerprint density at radius 2 is 1.84 bits per heavy atom. The van der Waals surface area contributed by atoms with E-state index in [4.69, 9.17) is 37.8 Å². The summed E-state index contributed by atoms with van der Waals surface area (Å²) in [6.07, 6.45) is 12.1. The molecule has 2 fully saturated rings. The van der Waals surface area contributed by atoms with E-state index >= 15 is 0 Å². The molecule has 17 heteroatoms. The van der Waals surface area contributed by atoms with Crippen LogP contribution < -0.4 is 19.5 Å². The third kappa shape index (κ3) is 10.8. The lowest BCUT2D eigenvalue weighted by Gasteiger charge is -2.23. The molecule has 1 amide bonds. The molecular formula is C39H48N6O9SSi. The van der Waals surface area contributed by atoms with E-state index in [1.165, 1.54) is 6.20 Å². The molecule has 5 heterocycles. The minimum atomic E-state index is -3.59. The lowest BCUT2D eigenvalue weighted by Crippen LogP contribution is -2.24. The first-order chi connectivity index (χ1) is 26.9. The molecule has 298 valence electrons. The lowest BCUT2D eigenvalue weighted by molar-refractivity contribution is -0.117. The number of ether oxygens (including phenoxy) is 5. The Morgan fingerprint density at radius 1 is 0.982 bits per heavy atom. The maximum Gasteiger partial charge on any atom is 0.264 e. The molecule has 1 unspecified atom stereocenters. The van der Waals surface area contributed by atoms with Gasteiger partial charge in [0.2, 0.25) is 17.7 Å². The molecule has 2 aliphatic rings. The summed E-state index contributed by atoms with van der Waals surface area (Å²) in [5.41, 5.74) is 3.68. The number of pyridine rings is 2. The van der Waals surface area contributed by atoms with Crippen molar-refractivity contribution in [1.82, 2.24) is 24.5 Å². The van der Waals surface area contributed by atoms with E-state index in [1.54, 1.807) is 18.5 Å². The number of benzene rings is 1. The van der Waals surface area contributed by atoms with E-state index in [1.807, 2.05) is 35.0 Å². The highest BCUT2D eigenvalue weighted by molar-refractivity contribution is 7.85. The van der Waals surface area contributed by atoms with Crippen LogP contribution in [-0.2, 0) is 41.9 Å². The highest BCUT2D eigenvalue weighted by atomic mass is 32.2. The fourth-order valence-corrected chi connectivity index (χ4v) is 7.28. The first-order valence-corrected chi connectivity index (χ1v) is 24.4. The van der Waals surface area contributed by atoms with Gasteiger partial charge in [0.15, 0.2) is 11.9 Å². The number of hydrogen-bond donors (Lipinski definition) is 1. The topological polar surface area (TPSA) is 175 Å². The number of nitrogens with zero attached hydrogens (tertiary/aromatic N) is 5. The highest BCUT2D eigenvalue weighted by Gasteiger charge is 2.31. The summed E-state index contributed by atoms with van der Waals surface area (Å²) in [7, 11) is -4.93. The molecule has 1 saturated heterocycles. The monoisotopic (exact) mass is 804 g/mol. The predicted molar refractivity (Wildman–Crippen MR) is 213 cm³/mol. The molecule has 15 nitrogen and oxygen atoms in total. The Labute approximate surface area is 327 Å². The number of hydrogen-bond acceptors (Lipinski definition) is 13. The Morgan fingerprint density at radius 3 is 2.61 bits per heavy atom. The summed E-state index contributed by atoms with van der Waals surface area (Å²) in [6, 6.07) is 10.7. The number of carbonyl (C=O) groups is 1. The Kier molecular flexibility index (Phi) is 12.2. The van der Waals surface area contributed by atoms with Gasteiger partial charge in [-0.15, -0.1) is 0 Å². The second kappa shape index (κ2) is 17.2. The van der Waals surface area contributed by atoms with Gasteiger partial charge in [-0.1, -0.05) is 25.7 Å². The standard InChI is InChI=1S/C39H48N6O9SSi/c1-55(47,48)53-14-13-50-30-17-26(20-40-21-30)24-52-38-35-32(28-10-11-33-29(18-28)19-31(22-41-33)54-34-7-5-6-12-51-34)23-45(25-49-15-16-56(2,3)4)36(35)42-39(44-38)43-37(46)27-8-9-27/h10-11,17-23,27,34H,5-9,12-16,24-25H2,1-4H3,(H,42,43,44,46). The van der Waals surface area contributed by atoms with E-state index in [0.29, 0.717) is 41.3 Å². The summed E-state index contributed by atoms with van der Waals surface area (Å²) in [5, 5.41) is 4.42. The minimum absolute atomic E-state index is 0.00971. The van der Waals surface area contributed by atoms with Crippen molar-refractivity contribution in [3.05, 3.63) is 60.7 Å². The molecule has 1 atom stereocenters. The zero-order valence-electron chi connectivity index (χ0n) is 32.2. The van der Waals surface area contributed by atoms with Crippen molar-refractivity contribution in [1.29, 1.82) is 0 Å². The van der Waals surface area contributed by atoms with Gasteiger partial charge in [-0.2, -0.15) is 18.4 Å². The molecule has 4 aromatic heterocycles. The Hall–Kier alpha value is -4.68. The summed E-state index contributed by atoms with van der Waals surface area (Å²) >= 11 is 0. The van der Waals surface area contributed by atoms with Gasteiger partial charge in [-0.3, -0.25) is 24.3 Å². The van der Waals surface area contributed by atoms with Gasteiger partial charge in [0, 0.05) is 55.9 Å². The Balaban J connectivity index is 1.24. The van der Waals surface area contributed by atoms with Gasteiger partial charge in [0.05, 0.1) is 36.2 Å². The van der Waals surface area contributed by atoms with Crippen molar-refractivity contribution >= 4 is 52.0 Å². The highest BCUT2D eigenvalue weighted by Crippen LogP contribution is 2.39. The molecule has 1 saturated carbocycles. The summed E-state index contributed by atoms with van der Waals surface area (Å²) in [5.74, 6) is 1.24. The van der Waals surface area contributed by atoms with E-state index in [9.17, 15) is 13.2 Å². The molecule has 7 rings (SSSR count). The number of nitrogens with one attached hydrogen (secondary N) is 1. The van der Waals surface area contributed by atoms with Crippen LogP contribution in [0.15, 0.2) is 55.1 Å². The molecule has 1 aliphatic carbocycles. The summed E-state index contributed by atoms with van der Waals surface area (Å²) < 4.78 is 59.7. The van der Waals surface area contributed by atoms with Crippen LogP contribution >= 0.6 is 0 Å². The van der Waals surface area contributed by atoms with Gasteiger partial charge in [0.25, 0.3) is 10.1 Å². The molecule has 5 aromatic rings. The smallest absolute Gasteiger partial charge is 0.264 e. The first-order valence-electron chi connectivity index (χ1n) is 18.9. The van der Waals surface area contributed by atoms with Crippen LogP contribution in [0.4, 0.5) is 5.95 Å². The largest absolute Gasteiger partial charge is 0.490 e. The quantitative estimate of drug-likeness (QED) is 0.0575. The van der Waals surface area contributed by atoms with Crippen LogP contribution in [0, 0.1) is 5.92 Å². The van der Waals surface area contributed by atoms with E-state index in [-0.39, 0.29) is 56.5 Å². The molecule has 1 aromatic carbocycles. The SMILES string of the molecule is C[Si](C)(C)CCOCn1cc(-c2ccc3ncc(OC4CCCCO4)cc3c2)c2c(OCc3cncc(OCCOS(C)(=O)=O)c3)nc(NC(=O)C3CC3)nc21. The van der Waals surface area contributed by atoms with Crippen molar-refractivity contribution < 1.29 is 41.1 Å². The van der Waals surface area contributed by atoms with Crippen LogP contribution in [-0.4, -0.2) is 85.9 Å². The average molecular weight is 805 g/mol. The third-order valence-electron chi connectivity index (χ3n) is 9.26. The van der Waals surface area contributed by atoms with Crippen LogP contribution in [0.25, 0.3) is 33.1 Å². The van der Waals surface area contributed by atoms with Gasteiger partial charge < -0.3 is 28.3 Å². The molecule has 56 heavy (non-hydrogen) atoms.